The van der Waals surface area contributed by atoms with Crippen LogP contribution in [0.2, 0.25) is 0 Å². The topological polar surface area (TPSA) is 128 Å². The van der Waals surface area contributed by atoms with Crippen molar-refractivity contribution >= 4 is 44.7 Å². The van der Waals surface area contributed by atoms with Crippen LogP contribution in [0, 0.1) is 5.92 Å². The number of nitrogens with one attached hydrogen (secondary N) is 2. The molecule has 2 heterocycles. The van der Waals surface area contributed by atoms with E-state index in [0.29, 0.717) is 0 Å². The lowest BCUT2D eigenvalue weighted by Crippen LogP contribution is -2.50. The molecule has 3 aromatic rings. The highest BCUT2D eigenvalue weighted by Crippen LogP contribution is 2.36. The number of rotatable bonds is 8. The number of aliphatic hydroxyl groups is 1. The fourth-order valence-electron chi connectivity index (χ4n) is 4.47. The number of alkyl halides is 3. The smallest absolute Gasteiger partial charge is 0.416 e. The molecule has 0 saturated heterocycles. The van der Waals surface area contributed by atoms with Crippen LogP contribution in [0.3, 0.4) is 0 Å². The molecule has 0 spiro atoms. The van der Waals surface area contributed by atoms with Crippen LogP contribution in [0.1, 0.15) is 29.8 Å². The summed E-state index contributed by atoms with van der Waals surface area (Å²) in [6, 6.07) is 10.3. The minimum absolute atomic E-state index is 0.0202. The number of anilines is 2. The fourth-order valence-corrected chi connectivity index (χ4v) is 6.52. The number of aliphatic hydroxyl groups excluding tert-OH is 1. The van der Waals surface area contributed by atoms with Gasteiger partial charge in [-0.05, 0) is 54.8 Å². The van der Waals surface area contributed by atoms with E-state index in [4.69, 9.17) is 4.74 Å². The summed E-state index contributed by atoms with van der Waals surface area (Å²) in [5.74, 6) is -0.905. The average Bonchev–Trinajstić information content (AvgIpc) is 3.51. The number of carbonyl (C=O) groups excluding carboxylic acids is 2. The summed E-state index contributed by atoms with van der Waals surface area (Å²) in [5, 5.41) is 14.0. The van der Waals surface area contributed by atoms with E-state index in [-0.39, 0.29) is 46.6 Å². The van der Waals surface area contributed by atoms with Crippen LogP contribution in [0.5, 0.6) is 5.75 Å². The van der Waals surface area contributed by atoms with E-state index in [1.54, 1.807) is 25.3 Å². The number of benzene rings is 2. The standard InChI is InChI=1S/C28H31F3N4O6S2/c1-17-14-35(18(2)16-36)26(37)21-6-4-7-22(33-43(39,40)24-8-5-13-42-24)25(21)41-23(17)15-34(3)27(38)32-20-11-9-19(10-12-20)28(29,30)31/h4-13,17-18,23,33,36H,14-16H2,1-3H3,(H,32,38)/t17-,18+,23-/m0/s1. The number of urea groups is 1. The molecule has 0 unspecified atom stereocenters. The molecule has 15 heteroatoms. The van der Waals surface area contributed by atoms with Crippen LogP contribution < -0.4 is 14.8 Å². The van der Waals surface area contributed by atoms with Crippen LogP contribution in [-0.2, 0) is 16.2 Å². The van der Waals surface area contributed by atoms with Crippen LogP contribution >= 0.6 is 11.3 Å². The number of sulfonamides is 1. The molecule has 3 N–H and O–H groups in total. The minimum Gasteiger partial charge on any atom is -0.485 e. The Balaban J connectivity index is 1.63. The summed E-state index contributed by atoms with van der Waals surface area (Å²) in [5.41, 5.74) is -0.608. The maximum Gasteiger partial charge on any atom is 0.416 e. The van der Waals surface area contributed by atoms with E-state index < -0.39 is 51.8 Å². The van der Waals surface area contributed by atoms with Crippen molar-refractivity contribution in [2.75, 3.05) is 36.8 Å². The Morgan fingerprint density at radius 2 is 1.88 bits per heavy atom. The molecular weight excluding hydrogens is 609 g/mol. The number of ether oxygens (including phenoxy) is 1. The van der Waals surface area contributed by atoms with E-state index in [2.05, 4.69) is 10.0 Å². The summed E-state index contributed by atoms with van der Waals surface area (Å²) in [6.45, 7) is 3.27. The molecule has 2 aromatic carbocycles. The van der Waals surface area contributed by atoms with Crippen molar-refractivity contribution in [3.8, 4) is 5.75 Å². The van der Waals surface area contributed by atoms with Crippen molar-refractivity contribution in [2.24, 2.45) is 5.92 Å². The number of thiophene rings is 1. The average molecular weight is 641 g/mol. The van der Waals surface area contributed by atoms with Crippen LogP contribution in [-0.4, -0.2) is 74.2 Å². The normalized spacial score (nSPS) is 18.1. The number of likely N-dealkylation sites (N-methyl/N-ethyl adjacent to an activating group) is 1. The maximum atomic E-state index is 13.6. The molecule has 0 radical (unpaired) electrons. The van der Waals surface area contributed by atoms with Gasteiger partial charge in [-0.3, -0.25) is 9.52 Å². The van der Waals surface area contributed by atoms with Gasteiger partial charge >= 0.3 is 12.2 Å². The number of amides is 3. The number of fused-ring (bicyclic) bond motifs is 1. The predicted octanol–water partition coefficient (Wildman–Crippen LogP) is 4.95. The Morgan fingerprint density at radius 1 is 1.19 bits per heavy atom. The molecule has 0 fully saturated rings. The SMILES string of the molecule is C[C@H](CO)N1C[C@H](C)[C@H](CN(C)C(=O)Nc2ccc(C(F)(F)F)cc2)Oc2c(NS(=O)(=O)c3cccs3)cccc2C1=O. The third-order valence-electron chi connectivity index (χ3n) is 6.96. The Morgan fingerprint density at radius 3 is 2.49 bits per heavy atom. The van der Waals surface area contributed by atoms with Gasteiger partial charge in [-0.1, -0.05) is 19.1 Å². The van der Waals surface area contributed by atoms with Crippen molar-refractivity contribution in [2.45, 2.75) is 36.4 Å². The number of para-hydroxylation sites is 1. The van der Waals surface area contributed by atoms with Crippen LogP contribution in [0.25, 0.3) is 0 Å². The third kappa shape index (κ3) is 7.40. The zero-order valence-electron chi connectivity index (χ0n) is 23.5. The predicted molar refractivity (Wildman–Crippen MR) is 156 cm³/mol. The van der Waals surface area contributed by atoms with Gasteiger partial charge in [-0.25, -0.2) is 13.2 Å². The monoisotopic (exact) mass is 640 g/mol. The van der Waals surface area contributed by atoms with Crippen LogP contribution in [0.15, 0.2) is 64.2 Å². The first-order valence-corrected chi connectivity index (χ1v) is 15.5. The Bertz CT molecular complexity index is 1550. The van der Waals surface area contributed by atoms with Crippen molar-refractivity contribution in [1.82, 2.24) is 9.80 Å². The van der Waals surface area contributed by atoms with Crippen molar-refractivity contribution in [1.29, 1.82) is 0 Å². The summed E-state index contributed by atoms with van der Waals surface area (Å²) in [6.07, 6.45) is -5.28. The zero-order valence-corrected chi connectivity index (χ0v) is 25.1. The molecule has 0 bridgehead atoms. The summed E-state index contributed by atoms with van der Waals surface area (Å²) in [7, 11) is -2.54. The molecule has 3 amide bonds. The van der Waals surface area contributed by atoms with Crippen molar-refractivity contribution in [3.05, 3.63) is 71.1 Å². The lowest BCUT2D eigenvalue weighted by atomic mass is 9.99. The molecule has 1 aliphatic rings. The quantitative estimate of drug-likeness (QED) is 0.320. The second-order valence-electron chi connectivity index (χ2n) is 10.2. The number of halogens is 3. The first kappa shape index (κ1) is 32.1. The van der Waals surface area contributed by atoms with Gasteiger partial charge in [0.25, 0.3) is 15.9 Å². The number of hydrogen-bond donors (Lipinski definition) is 3. The highest BCUT2D eigenvalue weighted by molar-refractivity contribution is 7.94. The minimum atomic E-state index is -4.51. The highest BCUT2D eigenvalue weighted by Gasteiger charge is 2.36. The Labute approximate surface area is 251 Å². The van der Waals surface area contributed by atoms with E-state index in [1.807, 2.05) is 0 Å². The van der Waals surface area contributed by atoms with E-state index in [0.717, 1.165) is 35.6 Å². The second kappa shape index (κ2) is 12.8. The highest BCUT2D eigenvalue weighted by atomic mass is 32.2. The van der Waals surface area contributed by atoms with Gasteiger partial charge in [-0.2, -0.15) is 13.2 Å². The molecule has 43 heavy (non-hydrogen) atoms. The van der Waals surface area contributed by atoms with Gasteiger partial charge in [0.15, 0.2) is 5.75 Å². The van der Waals surface area contributed by atoms with E-state index >= 15 is 0 Å². The van der Waals surface area contributed by atoms with Gasteiger partial charge in [0.05, 0.1) is 36.0 Å². The lowest BCUT2D eigenvalue weighted by molar-refractivity contribution is -0.137. The van der Waals surface area contributed by atoms with E-state index in [9.17, 15) is 36.3 Å². The summed E-state index contributed by atoms with van der Waals surface area (Å²) < 4.78 is 73.7. The zero-order chi connectivity index (χ0) is 31.5. The van der Waals surface area contributed by atoms with Gasteiger partial charge < -0.3 is 25.0 Å². The molecule has 3 atom stereocenters. The summed E-state index contributed by atoms with van der Waals surface area (Å²) >= 11 is 1.02. The van der Waals surface area contributed by atoms with E-state index in [1.165, 1.54) is 41.1 Å². The molecule has 0 aliphatic carbocycles. The third-order valence-corrected chi connectivity index (χ3v) is 9.72. The molecule has 1 aromatic heterocycles. The molecule has 10 nitrogen and oxygen atoms in total. The molecule has 4 rings (SSSR count). The number of hydrogen-bond acceptors (Lipinski definition) is 7. The van der Waals surface area contributed by atoms with Gasteiger partial charge in [0, 0.05) is 25.2 Å². The van der Waals surface area contributed by atoms with Crippen LogP contribution in [0.4, 0.5) is 29.3 Å². The largest absolute Gasteiger partial charge is 0.485 e. The first-order valence-electron chi connectivity index (χ1n) is 13.2. The van der Waals surface area contributed by atoms with Gasteiger partial charge in [-0.15, -0.1) is 11.3 Å². The fraction of sp³-hybridized carbons (Fsp3) is 0.357. The Hall–Kier alpha value is -3.82. The second-order valence-corrected chi connectivity index (χ2v) is 13.1. The lowest BCUT2D eigenvalue weighted by Gasteiger charge is -2.38. The maximum absolute atomic E-state index is 13.6. The van der Waals surface area contributed by atoms with Gasteiger partial charge in [0.2, 0.25) is 0 Å². The first-order chi connectivity index (χ1) is 20.2. The Kier molecular flexibility index (Phi) is 9.57. The van der Waals surface area contributed by atoms with Crippen molar-refractivity contribution < 1.29 is 41.0 Å². The molecule has 232 valence electrons. The molecule has 0 saturated carbocycles. The molecular formula is C28H31F3N4O6S2. The van der Waals surface area contributed by atoms with Crippen molar-refractivity contribution in [3.63, 3.8) is 0 Å². The number of nitrogens with zero attached hydrogens (tertiary/aromatic N) is 2. The number of carbonyl (C=O) groups is 2. The summed E-state index contributed by atoms with van der Waals surface area (Å²) in [4.78, 5) is 29.4. The van der Waals surface area contributed by atoms with Gasteiger partial charge in [0.1, 0.15) is 10.3 Å². The molecule has 1 aliphatic heterocycles.